The molecule has 1 aromatic carbocycles. The van der Waals surface area contributed by atoms with Crippen molar-refractivity contribution in [1.29, 1.82) is 0 Å². The second-order valence-corrected chi connectivity index (χ2v) is 4.01. The first-order valence-electron chi connectivity index (χ1n) is 5.44. The van der Waals surface area contributed by atoms with E-state index in [0.29, 0.717) is 12.1 Å². The smallest absolute Gasteiger partial charge is 0.336 e. The fourth-order valence-corrected chi connectivity index (χ4v) is 1.70. The Balaban J connectivity index is 2.30. The van der Waals surface area contributed by atoms with Gasteiger partial charge in [0, 0.05) is 17.7 Å². The molecular weight excluding hydrogens is 214 g/mol. The zero-order chi connectivity index (χ0) is 12.3. The van der Waals surface area contributed by atoms with E-state index in [1.54, 1.807) is 12.1 Å². The molecule has 1 heterocycles. The van der Waals surface area contributed by atoms with E-state index in [9.17, 15) is 4.79 Å². The Morgan fingerprint density at radius 2 is 1.82 bits per heavy atom. The summed E-state index contributed by atoms with van der Waals surface area (Å²) >= 11 is 0. The van der Waals surface area contributed by atoms with E-state index in [4.69, 9.17) is 5.11 Å². The SMILES string of the molecule is Cc1cc[n+](Cc2ccccc2C(=O)O)cc1. The van der Waals surface area contributed by atoms with Crippen LogP contribution in [-0.2, 0) is 6.54 Å². The van der Waals surface area contributed by atoms with E-state index in [1.807, 2.05) is 48.1 Å². The van der Waals surface area contributed by atoms with Crippen LogP contribution >= 0.6 is 0 Å². The first-order chi connectivity index (χ1) is 8.16. The monoisotopic (exact) mass is 228 g/mol. The van der Waals surface area contributed by atoms with Crippen LogP contribution < -0.4 is 4.57 Å². The molecule has 0 unspecified atom stereocenters. The minimum Gasteiger partial charge on any atom is -0.478 e. The van der Waals surface area contributed by atoms with Crippen molar-refractivity contribution in [2.45, 2.75) is 13.5 Å². The number of aryl methyl sites for hydroxylation is 1. The lowest BCUT2D eigenvalue weighted by Gasteiger charge is -2.02. The topological polar surface area (TPSA) is 41.2 Å². The van der Waals surface area contributed by atoms with E-state index in [0.717, 1.165) is 5.56 Å². The number of hydrogen-bond donors (Lipinski definition) is 1. The summed E-state index contributed by atoms with van der Waals surface area (Å²) in [6.45, 7) is 2.60. The van der Waals surface area contributed by atoms with Gasteiger partial charge in [-0.25, -0.2) is 9.36 Å². The third-order valence-electron chi connectivity index (χ3n) is 2.66. The number of carboxylic acids is 1. The summed E-state index contributed by atoms with van der Waals surface area (Å²) in [6.07, 6.45) is 3.90. The van der Waals surface area contributed by atoms with Crippen molar-refractivity contribution in [1.82, 2.24) is 0 Å². The fraction of sp³-hybridized carbons (Fsp3) is 0.143. The van der Waals surface area contributed by atoms with Gasteiger partial charge in [0.15, 0.2) is 18.9 Å². The van der Waals surface area contributed by atoms with Gasteiger partial charge in [-0.05, 0) is 18.6 Å². The predicted molar refractivity (Wildman–Crippen MR) is 63.9 cm³/mol. The maximum Gasteiger partial charge on any atom is 0.336 e. The molecule has 0 aliphatic rings. The highest BCUT2D eigenvalue weighted by atomic mass is 16.4. The van der Waals surface area contributed by atoms with Crippen LogP contribution in [0, 0.1) is 6.92 Å². The molecule has 86 valence electrons. The lowest BCUT2D eigenvalue weighted by Crippen LogP contribution is -2.33. The molecule has 0 radical (unpaired) electrons. The molecule has 0 aliphatic heterocycles. The molecule has 0 saturated heterocycles. The highest BCUT2D eigenvalue weighted by molar-refractivity contribution is 5.89. The van der Waals surface area contributed by atoms with Gasteiger partial charge in [0.2, 0.25) is 0 Å². The Hall–Kier alpha value is -2.16. The van der Waals surface area contributed by atoms with E-state index in [1.165, 1.54) is 5.56 Å². The molecule has 2 aromatic rings. The zero-order valence-electron chi connectivity index (χ0n) is 9.63. The molecule has 0 saturated carbocycles. The standard InChI is InChI=1S/C14H13NO2/c1-11-6-8-15(9-7-11)10-12-4-2-3-5-13(12)14(16)17/h2-9H,10H2,1H3/p+1. The Morgan fingerprint density at radius 1 is 1.18 bits per heavy atom. The van der Waals surface area contributed by atoms with Crippen LogP contribution in [0.3, 0.4) is 0 Å². The Kier molecular flexibility index (Phi) is 3.19. The summed E-state index contributed by atoms with van der Waals surface area (Å²) in [7, 11) is 0. The third kappa shape index (κ3) is 2.69. The number of aromatic nitrogens is 1. The van der Waals surface area contributed by atoms with Crippen molar-refractivity contribution >= 4 is 5.97 Å². The molecule has 0 aliphatic carbocycles. The average molecular weight is 228 g/mol. The van der Waals surface area contributed by atoms with Crippen molar-refractivity contribution in [3.05, 3.63) is 65.5 Å². The molecule has 1 aromatic heterocycles. The number of aromatic carboxylic acids is 1. The van der Waals surface area contributed by atoms with Gasteiger partial charge >= 0.3 is 5.97 Å². The molecule has 2 rings (SSSR count). The van der Waals surface area contributed by atoms with Gasteiger partial charge in [-0.2, -0.15) is 0 Å². The fourth-order valence-electron chi connectivity index (χ4n) is 1.70. The largest absolute Gasteiger partial charge is 0.478 e. The number of carboxylic acid groups (broad SMARTS) is 1. The third-order valence-corrected chi connectivity index (χ3v) is 2.66. The molecule has 1 N–H and O–H groups in total. The van der Waals surface area contributed by atoms with Crippen LogP contribution in [0.1, 0.15) is 21.5 Å². The van der Waals surface area contributed by atoms with E-state index < -0.39 is 5.97 Å². The molecule has 17 heavy (non-hydrogen) atoms. The molecule has 3 heteroatoms. The summed E-state index contributed by atoms with van der Waals surface area (Å²) in [4.78, 5) is 11.1. The van der Waals surface area contributed by atoms with Crippen LogP contribution in [0.2, 0.25) is 0 Å². The minimum atomic E-state index is -0.881. The normalized spacial score (nSPS) is 10.2. The molecule has 0 bridgehead atoms. The maximum atomic E-state index is 11.1. The summed E-state index contributed by atoms with van der Waals surface area (Å²) in [6, 6.07) is 11.1. The molecule has 0 atom stereocenters. The van der Waals surface area contributed by atoms with Gasteiger partial charge in [0.05, 0.1) is 5.56 Å². The summed E-state index contributed by atoms with van der Waals surface area (Å²) in [5.74, 6) is -0.881. The molecule has 0 spiro atoms. The van der Waals surface area contributed by atoms with Crippen molar-refractivity contribution in [2.75, 3.05) is 0 Å². The number of nitrogens with zero attached hydrogens (tertiary/aromatic N) is 1. The minimum absolute atomic E-state index is 0.362. The highest BCUT2D eigenvalue weighted by Gasteiger charge is 2.12. The lowest BCUT2D eigenvalue weighted by molar-refractivity contribution is -0.688. The van der Waals surface area contributed by atoms with Gasteiger partial charge in [-0.1, -0.05) is 18.2 Å². The van der Waals surface area contributed by atoms with Crippen LogP contribution in [-0.4, -0.2) is 11.1 Å². The predicted octanol–water partition coefficient (Wildman–Crippen LogP) is 2.03. The number of carbonyl (C=O) groups is 1. The van der Waals surface area contributed by atoms with Crippen LogP contribution in [0.5, 0.6) is 0 Å². The van der Waals surface area contributed by atoms with Crippen molar-refractivity contribution in [3.8, 4) is 0 Å². The lowest BCUT2D eigenvalue weighted by atomic mass is 10.1. The molecule has 0 fully saturated rings. The van der Waals surface area contributed by atoms with Gasteiger partial charge in [0.1, 0.15) is 0 Å². The van der Waals surface area contributed by atoms with Crippen molar-refractivity contribution in [3.63, 3.8) is 0 Å². The zero-order valence-corrected chi connectivity index (χ0v) is 9.63. The Morgan fingerprint density at radius 3 is 2.47 bits per heavy atom. The first-order valence-corrected chi connectivity index (χ1v) is 5.44. The van der Waals surface area contributed by atoms with Gasteiger partial charge in [-0.3, -0.25) is 0 Å². The van der Waals surface area contributed by atoms with Crippen LogP contribution in [0.15, 0.2) is 48.8 Å². The van der Waals surface area contributed by atoms with E-state index in [2.05, 4.69) is 0 Å². The van der Waals surface area contributed by atoms with Crippen molar-refractivity contribution in [2.24, 2.45) is 0 Å². The number of hydrogen-bond acceptors (Lipinski definition) is 1. The second kappa shape index (κ2) is 4.78. The number of rotatable bonds is 3. The van der Waals surface area contributed by atoms with Gasteiger partial charge < -0.3 is 5.11 Å². The van der Waals surface area contributed by atoms with Gasteiger partial charge in [0.25, 0.3) is 0 Å². The Labute approximate surface area is 100.0 Å². The molecule has 0 amide bonds. The van der Waals surface area contributed by atoms with Crippen LogP contribution in [0.25, 0.3) is 0 Å². The average Bonchev–Trinajstić information content (AvgIpc) is 2.32. The van der Waals surface area contributed by atoms with Crippen molar-refractivity contribution < 1.29 is 14.5 Å². The highest BCUT2D eigenvalue weighted by Crippen LogP contribution is 2.08. The van der Waals surface area contributed by atoms with E-state index >= 15 is 0 Å². The Bertz CT molecular complexity index is 532. The number of pyridine rings is 1. The summed E-state index contributed by atoms with van der Waals surface area (Å²) in [5.41, 5.74) is 2.36. The maximum absolute atomic E-state index is 11.1. The van der Waals surface area contributed by atoms with E-state index in [-0.39, 0.29) is 0 Å². The molecule has 3 nitrogen and oxygen atoms in total. The quantitative estimate of drug-likeness (QED) is 0.817. The van der Waals surface area contributed by atoms with Gasteiger partial charge in [-0.15, -0.1) is 0 Å². The second-order valence-electron chi connectivity index (χ2n) is 4.01. The number of benzene rings is 1. The van der Waals surface area contributed by atoms with Crippen LogP contribution in [0.4, 0.5) is 0 Å². The summed E-state index contributed by atoms with van der Waals surface area (Å²) < 4.78 is 1.97. The summed E-state index contributed by atoms with van der Waals surface area (Å²) in [5, 5.41) is 9.08. The molecular formula is C14H14NO2+. The first kappa shape index (κ1) is 11.3.